The molecule has 0 saturated carbocycles. The van der Waals surface area contributed by atoms with Gasteiger partial charge in [-0.05, 0) is 42.7 Å². The molecule has 0 aliphatic carbocycles. The number of nitrogens with two attached hydrogens (primary N) is 2. The Balaban J connectivity index is 2.45. The van der Waals surface area contributed by atoms with Crippen molar-refractivity contribution in [2.75, 3.05) is 0 Å². The molecule has 314 valence electrons. The van der Waals surface area contributed by atoms with E-state index in [0.717, 1.165) is 5.52 Å². The summed E-state index contributed by atoms with van der Waals surface area (Å²) in [6, 6.07) is -1.65. The molecular weight excluding hydrogens is 748 g/mol. The van der Waals surface area contributed by atoms with Gasteiger partial charge in [-0.15, -0.1) is 0 Å². The first kappa shape index (κ1) is 47.1. The van der Waals surface area contributed by atoms with Gasteiger partial charge in [-0.2, -0.15) is 0 Å². The number of nitrogens with one attached hydrogen (secondary N) is 6. The van der Waals surface area contributed by atoms with Gasteiger partial charge in [-0.3, -0.25) is 38.4 Å². The lowest BCUT2D eigenvalue weighted by molar-refractivity contribution is -0.143. The molecule has 57 heavy (non-hydrogen) atoms. The van der Waals surface area contributed by atoms with Gasteiger partial charge in [0.2, 0.25) is 35.4 Å². The van der Waals surface area contributed by atoms with E-state index in [-0.39, 0.29) is 18.8 Å². The average Bonchev–Trinajstić information content (AvgIpc) is 3.54. The highest BCUT2D eigenvalue weighted by atomic mass is 16.4. The van der Waals surface area contributed by atoms with E-state index >= 15 is 0 Å². The van der Waals surface area contributed by atoms with Crippen LogP contribution in [0, 0.1) is 11.8 Å². The second-order valence-electron chi connectivity index (χ2n) is 14.3. The van der Waals surface area contributed by atoms with Crippen molar-refractivity contribution in [1.29, 1.82) is 0 Å². The van der Waals surface area contributed by atoms with Gasteiger partial charge >= 0.3 is 17.9 Å². The van der Waals surface area contributed by atoms with Crippen molar-refractivity contribution in [1.82, 2.24) is 31.6 Å². The van der Waals surface area contributed by atoms with Gasteiger partial charge in [-0.25, -0.2) is 4.79 Å². The molecule has 0 fully saturated rings. The van der Waals surface area contributed by atoms with Gasteiger partial charge in [0.15, 0.2) is 0 Å². The molecule has 6 amide bonds. The molecule has 20 heteroatoms. The molecule has 0 radical (unpaired) electrons. The third-order valence-corrected chi connectivity index (χ3v) is 9.17. The van der Waals surface area contributed by atoms with Crippen LogP contribution in [0.1, 0.15) is 78.2 Å². The molecule has 0 unspecified atom stereocenters. The predicted molar refractivity (Wildman–Crippen MR) is 204 cm³/mol. The summed E-state index contributed by atoms with van der Waals surface area (Å²) < 4.78 is 0. The average molecular weight is 803 g/mol. The van der Waals surface area contributed by atoms with E-state index in [2.05, 4.69) is 31.6 Å². The number of carbonyl (C=O) groups excluding carboxylic acids is 6. The first-order valence-corrected chi connectivity index (χ1v) is 18.5. The van der Waals surface area contributed by atoms with Gasteiger partial charge in [0.1, 0.15) is 30.2 Å². The first-order valence-electron chi connectivity index (χ1n) is 18.5. The molecular formula is C37H54N8O12. The van der Waals surface area contributed by atoms with Crippen molar-refractivity contribution in [2.45, 2.75) is 115 Å². The fourth-order valence-corrected chi connectivity index (χ4v) is 5.84. The highest BCUT2D eigenvalue weighted by molar-refractivity contribution is 5.97. The lowest BCUT2D eigenvalue weighted by Gasteiger charge is -2.28. The summed E-state index contributed by atoms with van der Waals surface area (Å²) in [6.45, 7) is 6.82. The largest absolute Gasteiger partial charge is 0.481 e. The van der Waals surface area contributed by atoms with Gasteiger partial charge in [0.05, 0.1) is 12.5 Å². The number of aliphatic carboxylic acids is 3. The van der Waals surface area contributed by atoms with Crippen LogP contribution in [0.25, 0.3) is 10.9 Å². The number of para-hydroxylation sites is 1. The number of rotatable bonds is 25. The maximum absolute atomic E-state index is 13.9. The van der Waals surface area contributed by atoms with E-state index in [1.165, 1.54) is 0 Å². The number of aromatic nitrogens is 1. The first-order chi connectivity index (χ1) is 26.7. The van der Waals surface area contributed by atoms with Crippen LogP contribution in [0.5, 0.6) is 0 Å². The second kappa shape index (κ2) is 22.5. The molecule has 0 aliphatic rings. The monoisotopic (exact) mass is 802 g/mol. The van der Waals surface area contributed by atoms with Crippen LogP contribution in [-0.4, -0.2) is 110 Å². The maximum Gasteiger partial charge on any atom is 0.326 e. The van der Waals surface area contributed by atoms with Crippen molar-refractivity contribution < 1.29 is 58.5 Å². The Morgan fingerprint density at radius 2 is 1.25 bits per heavy atom. The number of carbonyl (C=O) groups is 9. The SMILES string of the molecule is CC[C@H](C)[C@H](NC(=O)[C@@H](N)CC(=O)O)C(=O)N[C@@H](CCC(=O)O)C(=O)N[C@@H](CCC(N)=O)C(=O)N[C@@H](Cc1c[nH]c2ccccc12)C(=O)N[C@@H](CC(C)C)C(=O)O. The molecule has 0 saturated heterocycles. The van der Waals surface area contributed by atoms with Crippen LogP contribution < -0.4 is 38.1 Å². The van der Waals surface area contributed by atoms with Crippen molar-refractivity contribution in [3.05, 3.63) is 36.0 Å². The lowest BCUT2D eigenvalue weighted by Crippen LogP contribution is -2.60. The third kappa shape index (κ3) is 15.5. The normalized spacial score (nSPS) is 14.8. The summed E-state index contributed by atoms with van der Waals surface area (Å²) in [7, 11) is 0. The number of carboxylic acid groups (broad SMARTS) is 3. The van der Waals surface area contributed by atoms with Gasteiger partial charge in [-0.1, -0.05) is 52.3 Å². The molecule has 20 nitrogen and oxygen atoms in total. The number of carboxylic acids is 3. The molecule has 2 aromatic rings. The Morgan fingerprint density at radius 3 is 1.79 bits per heavy atom. The van der Waals surface area contributed by atoms with Crippen molar-refractivity contribution in [2.24, 2.45) is 23.3 Å². The van der Waals surface area contributed by atoms with E-state index in [0.29, 0.717) is 17.4 Å². The van der Waals surface area contributed by atoms with Crippen molar-refractivity contribution >= 4 is 64.3 Å². The summed E-state index contributed by atoms with van der Waals surface area (Å²) in [4.78, 5) is 117. The Kier molecular flexibility index (Phi) is 18.6. The van der Waals surface area contributed by atoms with Crippen LogP contribution in [0.2, 0.25) is 0 Å². The fourth-order valence-electron chi connectivity index (χ4n) is 5.84. The van der Waals surface area contributed by atoms with Gasteiger partial charge in [0.25, 0.3) is 0 Å². The molecule has 7 atom stereocenters. The topological polar surface area (TPSA) is 342 Å². The molecule has 0 spiro atoms. The minimum absolute atomic E-state index is 0.0757. The summed E-state index contributed by atoms with van der Waals surface area (Å²) >= 11 is 0. The van der Waals surface area contributed by atoms with Crippen LogP contribution in [0.15, 0.2) is 30.5 Å². The quantitative estimate of drug-likeness (QED) is 0.0589. The summed E-state index contributed by atoms with van der Waals surface area (Å²) in [6.07, 6.45) is -0.800. The second-order valence-corrected chi connectivity index (χ2v) is 14.3. The van der Waals surface area contributed by atoms with Crippen LogP contribution in [-0.2, 0) is 49.6 Å². The number of aromatic amines is 1. The number of H-pyrrole nitrogens is 1. The van der Waals surface area contributed by atoms with E-state index in [1.807, 2.05) is 0 Å². The maximum atomic E-state index is 13.9. The zero-order valence-corrected chi connectivity index (χ0v) is 32.3. The zero-order valence-electron chi connectivity index (χ0n) is 32.3. The highest BCUT2D eigenvalue weighted by Gasteiger charge is 2.35. The Morgan fingerprint density at radius 1 is 0.702 bits per heavy atom. The fraction of sp³-hybridized carbons (Fsp3) is 0.541. The Hall–Kier alpha value is -6.05. The Labute approximate surface area is 328 Å². The number of hydrogen-bond acceptors (Lipinski definition) is 10. The summed E-state index contributed by atoms with van der Waals surface area (Å²) in [5.74, 6) is -10.3. The standard InChI is InChI=1S/C37H54N8O12/c1-5-19(4)31(45-32(51)22(38)16-30(49)50)36(55)42-25(11-13-29(47)48)33(52)41-24(10-12-28(39)46)34(53)43-26(35(54)44-27(37(56)57)14-18(2)3)15-20-17-40-23-9-7-6-8-21(20)23/h6-9,17-19,22,24-27,31,40H,5,10-16,38H2,1-4H3,(H2,39,46)(H,41,52)(H,42,55)(H,43,53)(H,44,54)(H,45,51)(H,47,48)(H,49,50)(H,56,57)/t19-,22-,24-,25-,26-,27-,31-/m0/s1. The number of benzene rings is 1. The van der Waals surface area contributed by atoms with Crippen molar-refractivity contribution in [3.63, 3.8) is 0 Å². The van der Waals surface area contributed by atoms with E-state index in [9.17, 15) is 53.4 Å². The van der Waals surface area contributed by atoms with Gasteiger partial charge < -0.3 is 58.4 Å². The molecule has 1 aromatic carbocycles. The third-order valence-electron chi connectivity index (χ3n) is 9.17. The van der Waals surface area contributed by atoms with E-state index < -0.39 is 128 Å². The molecule has 1 heterocycles. The molecule has 0 aliphatic heterocycles. The Bertz CT molecular complexity index is 1780. The number of fused-ring (bicyclic) bond motifs is 1. The molecule has 1 aromatic heterocycles. The highest BCUT2D eigenvalue weighted by Crippen LogP contribution is 2.20. The van der Waals surface area contributed by atoms with Crippen LogP contribution in [0.4, 0.5) is 0 Å². The number of hydrogen-bond donors (Lipinski definition) is 11. The lowest BCUT2D eigenvalue weighted by atomic mass is 9.97. The number of amides is 6. The molecule has 2 rings (SSSR count). The van der Waals surface area contributed by atoms with Crippen LogP contribution >= 0.6 is 0 Å². The predicted octanol–water partition coefficient (Wildman–Crippen LogP) is -0.756. The van der Waals surface area contributed by atoms with E-state index in [1.54, 1.807) is 58.2 Å². The van der Waals surface area contributed by atoms with E-state index in [4.69, 9.17) is 16.6 Å². The van der Waals surface area contributed by atoms with Crippen LogP contribution in [0.3, 0.4) is 0 Å². The minimum atomic E-state index is -1.62. The smallest absolute Gasteiger partial charge is 0.326 e. The molecule has 13 N–H and O–H groups in total. The van der Waals surface area contributed by atoms with Gasteiger partial charge in [0, 0.05) is 36.4 Å². The summed E-state index contributed by atoms with van der Waals surface area (Å²) in [5.41, 5.74) is 12.3. The molecule has 0 bridgehead atoms. The zero-order chi connectivity index (χ0) is 43.0. The van der Waals surface area contributed by atoms with Crippen molar-refractivity contribution in [3.8, 4) is 0 Å². The summed E-state index contributed by atoms with van der Waals surface area (Å²) in [5, 5.41) is 41.2. The number of primary amides is 1. The minimum Gasteiger partial charge on any atom is -0.481 e.